The first-order chi connectivity index (χ1) is 17.0. The zero-order chi connectivity index (χ0) is 29.3. The van der Waals surface area contributed by atoms with Crippen molar-refractivity contribution in [1.82, 2.24) is 9.97 Å². The number of nitrogens with one attached hydrogen (secondary N) is 2. The van der Waals surface area contributed by atoms with Gasteiger partial charge in [0.15, 0.2) is 0 Å². The summed E-state index contributed by atoms with van der Waals surface area (Å²) in [5.41, 5.74) is -7.21. The van der Waals surface area contributed by atoms with Crippen LogP contribution in [0, 0.1) is 13.8 Å². The van der Waals surface area contributed by atoms with Gasteiger partial charge >= 0.3 is 35.3 Å². The van der Waals surface area contributed by atoms with Crippen molar-refractivity contribution in [2.24, 2.45) is 0 Å². The summed E-state index contributed by atoms with van der Waals surface area (Å²) in [6, 6.07) is 3.53. The number of carbonyl (C=O) groups excluding carboxylic acids is 1. The second-order valence-corrected chi connectivity index (χ2v) is 9.77. The fourth-order valence-electron chi connectivity index (χ4n) is 3.39. The summed E-state index contributed by atoms with van der Waals surface area (Å²) in [5, 5.41) is 0.884. The molecule has 0 unspecified atom stereocenters. The summed E-state index contributed by atoms with van der Waals surface area (Å²) in [4.78, 5) is 18.9. The largest absolute Gasteiger partial charge is 0.384 e. The Morgan fingerprint density at radius 3 is 1.53 bits per heavy atom. The Balaban J connectivity index is 1.94. The Bertz CT molecular complexity index is 1330. The molecule has 0 spiro atoms. The summed E-state index contributed by atoms with van der Waals surface area (Å²) in [6.07, 6.45) is 0. The molecule has 1 aliphatic rings. The summed E-state index contributed by atoms with van der Waals surface area (Å²) in [6.45, 7) is 3.02. The van der Waals surface area contributed by atoms with E-state index in [1.807, 2.05) is 4.72 Å². The van der Waals surface area contributed by atoms with Crippen LogP contribution in [0.3, 0.4) is 0 Å². The lowest BCUT2D eigenvalue weighted by Gasteiger charge is -2.51. The van der Waals surface area contributed by atoms with Crippen molar-refractivity contribution in [3.63, 3.8) is 0 Å². The quantitative estimate of drug-likeness (QED) is 0.494. The minimum absolute atomic E-state index is 0.360. The van der Waals surface area contributed by atoms with E-state index in [1.54, 1.807) is 0 Å². The summed E-state index contributed by atoms with van der Waals surface area (Å²) >= 11 is 0. The van der Waals surface area contributed by atoms with Gasteiger partial charge in [0, 0.05) is 17.1 Å². The predicted octanol–water partition coefficient (Wildman–Crippen LogP) is 4.73. The molecule has 7 nitrogen and oxygen atoms in total. The van der Waals surface area contributed by atoms with Gasteiger partial charge in [0.1, 0.15) is 0 Å². The smallest absolute Gasteiger partial charge is 0.323 e. The van der Waals surface area contributed by atoms with E-state index < -0.39 is 61.8 Å². The lowest BCUT2D eigenvalue weighted by atomic mass is 9.71. The highest BCUT2D eigenvalue weighted by Crippen LogP contribution is 2.69. The van der Waals surface area contributed by atoms with Gasteiger partial charge in [0.25, 0.3) is 15.9 Å². The number of benzene rings is 1. The SMILES string of the molecule is Cc1cc(C)nc(NS(=O)(=O)c2ccc(NC(=O)C3(F)C(F)(F)C(F)(F)C(F)(F)C(F)(F)C3(F)F)cc2)n1. The zero-order valence-corrected chi connectivity index (χ0v) is 19.4. The Labute approximate surface area is 205 Å². The van der Waals surface area contributed by atoms with Crippen LogP contribution in [0.5, 0.6) is 0 Å². The van der Waals surface area contributed by atoms with Gasteiger partial charge in [-0.2, -0.15) is 43.9 Å². The lowest BCUT2D eigenvalue weighted by Crippen LogP contribution is -2.86. The second-order valence-electron chi connectivity index (χ2n) is 8.09. The third-order valence-electron chi connectivity index (χ3n) is 5.39. The number of aromatic nitrogens is 2. The van der Waals surface area contributed by atoms with Crippen molar-refractivity contribution in [2.75, 3.05) is 10.0 Å². The average molecular weight is 586 g/mol. The van der Waals surface area contributed by atoms with Gasteiger partial charge in [-0.3, -0.25) is 4.79 Å². The number of hydrogen-bond acceptors (Lipinski definition) is 5. The molecule has 19 heteroatoms. The van der Waals surface area contributed by atoms with Crippen molar-refractivity contribution in [1.29, 1.82) is 0 Å². The standard InChI is InChI=1S/C19H13F11N4O3S/c1-8-7-9(2)32-13(31-8)34-38(36,37)11-5-3-10(4-6-11)33-12(35)14(20)15(21,22)17(25,26)19(29,30)18(27,28)16(14,23)24/h3-7H,1-2H3,(H,33,35)(H,31,32,34). The molecule has 2 aromatic rings. The van der Waals surface area contributed by atoms with Gasteiger partial charge in [0.05, 0.1) is 4.90 Å². The summed E-state index contributed by atoms with van der Waals surface area (Å²) in [7, 11) is -4.49. The molecule has 0 radical (unpaired) electrons. The normalized spacial score (nSPS) is 22.3. The number of anilines is 2. The van der Waals surface area contributed by atoms with E-state index in [9.17, 15) is 61.5 Å². The third-order valence-corrected chi connectivity index (χ3v) is 6.73. The van der Waals surface area contributed by atoms with Crippen LogP contribution in [0.25, 0.3) is 0 Å². The second kappa shape index (κ2) is 8.37. The Hall–Kier alpha value is -3.25. The summed E-state index contributed by atoms with van der Waals surface area (Å²) < 4.78 is 179. The van der Waals surface area contributed by atoms with Crippen molar-refractivity contribution in [2.45, 2.75) is 54.0 Å². The highest BCUT2D eigenvalue weighted by Gasteiger charge is 3.02. The van der Waals surface area contributed by atoms with Gasteiger partial charge < -0.3 is 5.32 Å². The van der Waals surface area contributed by atoms with E-state index in [2.05, 4.69) is 9.97 Å². The van der Waals surface area contributed by atoms with E-state index in [-0.39, 0.29) is 5.95 Å². The molecule has 0 atom stereocenters. The maximum absolute atomic E-state index is 14.8. The fourth-order valence-corrected chi connectivity index (χ4v) is 4.34. The van der Waals surface area contributed by atoms with E-state index in [0.29, 0.717) is 35.7 Å². The highest BCUT2D eigenvalue weighted by molar-refractivity contribution is 7.92. The van der Waals surface area contributed by atoms with Crippen LogP contribution in [-0.4, -0.2) is 59.6 Å². The maximum atomic E-state index is 14.8. The van der Waals surface area contributed by atoms with Gasteiger partial charge in [-0.05, 0) is 44.2 Å². The number of aryl methyl sites for hydroxylation is 2. The Morgan fingerprint density at radius 2 is 1.11 bits per heavy atom. The zero-order valence-electron chi connectivity index (χ0n) is 18.6. The van der Waals surface area contributed by atoms with Gasteiger partial charge in [0.2, 0.25) is 5.95 Å². The fraction of sp³-hybridized carbons (Fsp3) is 0.421. The Morgan fingerprint density at radius 1 is 0.711 bits per heavy atom. The number of amides is 1. The first-order valence-electron chi connectivity index (χ1n) is 9.82. The molecule has 2 N–H and O–H groups in total. The van der Waals surface area contributed by atoms with Gasteiger partial charge in [-0.15, -0.1) is 0 Å². The van der Waals surface area contributed by atoms with E-state index in [4.69, 9.17) is 0 Å². The number of rotatable bonds is 5. The van der Waals surface area contributed by atoms with Crippen molar-refractivity contribution >= 4 is 27.6 Å². The molecule has 1 heterocycles. The molecule has 1 aliphatic carbocycles. The minimum Gasteiger partial charge on any atom is -0.323 e. The van der Waals surface area contributed by atoms with Crippen LogP contribution in [0.4, 0.5) is 59.9 Å². The van der Waals surface area contributed by atoms with Crippen LogP contribution < -0.4 is 10.0 Å². The minimum atomic E-state index is -7.47. The average Bonchev–Trinajstić information content (AvgIpc) is 2.76. The Kier molecular flexibility index (Phi) is 6.46. The molecule has 0 bridgehead atoms. The van der Waals surface area contributed by atoms with Crippen LogP contribution in [0.2, 0.25) is 0 Å². The number of halogens is 11. The van der Waals surface area contributed by atoms with Crippen molar-refractivity contribution < 1.29 is 61.5 Å². The molecular formula is C19H13F11N4O3S. The number of nitrogens with zero attached hydrogens (tertiary/aromatic N) is 2. The molecule has 3 rings (SSSR count). The molecule has 0 aliphatic heterocycles. The van der Waals surface area contributed by atoms with Crippen LogP contribution in [0.15, 0.2) is 35.2 Å². The van der Waals surface area contributed by atoms with Crippen molar-refractivity contribution in [3.8, 4) is 0 Å². The van der Waals surface area contributed by atoms with E-state index in [0.717, 1.165) is 5.32 Å². The third kappa shape index (κ3) is 3.76. The number of alkyl halides is 11. The molecule has 1 fully saturated rings. The monoisotopic (exact) mass is 586 g/mol. The predicted molar refractivity (Wildman–Crippen MR) is 106 cm³/mol. The van der Waals surface area contributed by atoms with E-state index >= 15 is 0 Å². The molecule has 1 saturated carbocycles. The van der Waals surface area contributed by atoms with Crippen LogP contribution >= 0.6 is 0 Å². The number of sulfonamides is 1. The van der Waals surface area contributed by atoms with E-state index in [1.165, 1.54) is 19.9 Å². The first kappa shape index (κ1) is 29.3. The topological polar surface area (TPSA) is 101 Å². The first-order valence-corrected chi connectivity index (χ1v) is 11.3. The van der Waals surface area contributed by atoms with Gasteiger partial charge in [-0.25, -0.2) is 27.5 Å². The van der Waals surface area contributed by atoms with Crippen molar-refractivity contribution in [3.05, 3.63) is 41.7 Å². The number of hydrogen-bond donors (Lipinski definition) is 2. The van der Waals surface area contributed by atoms with Crippen LogP contribution in [-0.2, 0) is 14.8 Å². The highest BCUT2D eigenvalue weighted by atomic mass is 32.2. The molecule has 1 amide bonds. The van der Waals surface area contributed by atoms with Gasteiger partial charge in [-0.1, -0.05) is 0 Å². The number of carbonyl (C=O) groups is 1. The molecule has 1 aromatic carbocycles. The molecule has 0 saturated heterocycles. The molecular weight excluding hydrogens is 573 g/mol. The molecule has 1 aromatic heterocycles. The lowest BCUT2D eigenvalue weighted by molar-refractivity contribution is -0.475. The molecule has 210 valence electrons. The summed E-state index contributed by atoms with van der Waals surface area (Å²) in [5.74, 6) is -41.0. The van der Waals surface area contributed by atoms with Crippen LogP contribution in [0.1, 0.15) is 11.4 Å². The maximum Gasteiger partial charge on any atom is 0.384 e. The molecule has 38 heavy (non-hydrogen) atoms.